The maximum absolute atomic E-state index is 13.3. The zero-order chi connectivity index (χ0) is 51.7. The molecule has 0 saturated heterocycles. The van der Waals surface area contributed by atoms with Crippen LogP contribution in [-0.2, 0) is 31.0 Å². The molecule has 2 amide bonds. The molecule has 1 fully saturated rings. The van der Waals surface area contributed by atoms with E-state index in [2.05, 4.69) is 75.4 Å². The second-order valence-corrected chi connectivity index (χ2v) is 19.2. The summed E-state index contributed by atoms with van der Waals surface area (Å²) >= 11 is 0. The van der Waals surface area contributed by atoms with Crippen molar-refractivity contribution >= 4 is 28.5 Å². The van der Waals surface area contributed by atoms with Gasteiger partial charge in [-0.05, 0) is 124 Å². The highest BCUT2D eigenvalue weighted by atomic mass is 16.5. The van der Waals surface area contributed by atoms with Gasteiger partial charge in [0.1, 0.15) is 40.8 Å². The molecular formula is C61H61N7O7. The van der Waals surface area contributed by atoms with Crippen LogP contribution in [0.4, 0.5) is 5.69 Å². The Balaban J connectivity index is 0.755. The van der Waals surface area contributed by atoms with E-state index in [1.165, 1.54) is 0 Å². The SMILES string of the molecule is CCN(CC)c1ccc2cc(C(=O)NC3CCC(NC(=O)COc4ccc5c(c4)Oc4cc(OCc6cccc(CN(Cc7ccccn7)Cc7ccccn7)n6)ccc4C5c4ccccc4C)CC3)c(=O)oc2c1. The van der Waals surface area contributed by atoms with Crippen molar-refractivity contribution in [3.05, 3.63) is 213 Å². The standard InChI is InChI=1S/C61H61N7O7/c1-4-68(5-2)48-24-19-41-31-54(61(71)75-55(41)32-48)60(70)66-43-22-20-42(21-23-43)65-58(69)39-73-50-26-28-53-57(34-50)74-56-33-49(25-27-52(56)59(53)51-18-7-6-13-40(51)3)72-38-47-17-12-16-46(64-47)37-67(35-44-14-8-10-29-62-44)36-45-15-9-11-30-63-45/h6-19,24-34,42-43,59H,4-5,20-23,35-39H2,1-3H3,(H,65,69)(H,66,70). The lowest BCUT2D eigenvalue weighted by Crippen LogP contribution is -2.45. The molecule has 1 atom stereocenters. The van der Waals surface area contributed by atoms with Gasteiger partial charge < -0.3 is 34.2 Å². The highest BCUT2D eigenvalue weighted by molar-refractivity contribution is 5.97. The zero-order valence-corrected chi connectivity index (χ0v) is 42.5. The second-order valence-electron chi connectivity index (χ2n) is 19.2. The molecule has 14 nitrogen and oxygen atoms in total. The first-order valence-electron chi connectivity index (χ1n) is 25.8. The molecule has 4 aromatic carbocycles. The highest BCUT2D eigenvalue weighted by Crippen LogP contribution is 2.50. The number of carbonyl (C=O) groups is 2. The molecule has 1 aliphatic carbocycles. The van der Waals surface area contributed by atoms with Crippen LogP contribution in [0.1, 0.15) is 101 Å². The number of aromatic nitrogens is 3. The molecular weight excluding hydrogens is 943 g/mol. The van der Waals surface area contributed by atoms with E-state index in [0.717, 1.165) is 63.8 Å². The first kappa shape index (κ1) is 50.2. The van der Waals surface area contributed by atoms with E-state index < -0.39 is 11.5 Å². The largest absolute Gasteiger partial charge is 0.487 e. The Morgan fingerprint density at radius 2 is 1.25 bits per heavy atom. The van der Waals surface area contributed by atoms with Gasteiger partial charge in [0.25, 0.3) is 11.8 Å². The van der Waals surface area contributed by atoms with Gasteiger partial charge in [-0.25, -0.2) is 4.79 Å². The highest BCUT2D eigenvalue weighted by Gasteiger charge is 2.31. The van der Waals surface area contributed by atoms with Crippen molar-refractivity contribution in [2.24, 2.45) is 0 Å². The topological polar surface area (TPSA) is 161 Å². The molecule has 382 valence electrons. The third-order valence-corrected chi connectivity index (χ3v) is 14.1. The Morgan fingerprint density at radius 1 is 0.640 bits per heavy atom. The van der Waals surface area contributed by atoms with E-state index in [4.69, 9.17) is 23.6 Å². The summed E-state index contributed by atoms with van der Waals surface area (Å²) in [4.78, 5) is 58.1. The van der Waals surface area contributed by atoms with Crippen LogP contribution in [0.2, 0.25) is 0 Å². The smallest absolute Gasteiger partial charge is 0.349 e. The summed E-state index contributed by atoms with van der Waals surface area (Å²) in [6.45, 7) is 9.88. The van der Waals surface area contributed by atoms with Crippen molar-refractivity contribution in [2.75, 3.05) is 24.6 Å². The van der Waals surface area contributed by atoms with Gasteiger partial charge >= 0.3 is 5.63 Å². The van der Waals surface area contributed by atoms with Crippen LogP contribution in [0, 0.1) is 6.92 Å². The fourth-order valence-corrected chi connectivity index (χ4v) is 10.2. The summed E-state index contributed by atoms with van der Waals surface area (Å²) in [5.74, 6) is 1.62. The number of hydrogen-bond donors (Lipinski definition) is 2. The molecule has 1 saturated carbocycles. The summed E-state index contributed by atoms with van der Waals surface area (Å²) in [6, 6.07) is 45.1. The number of pyridine rings is 3. The third kappa shape index (κ3) is 12.2. The van der Waals surface area contributed by atoms with E-state index >= 15 is 0 Å². The van der Waals surface area contributed by atoms with Crippen LogP contribution < -0.4 is 35.4 Å². The Bertz CT molecular complexity index is 3300. The molecule has 4 aromatic heterocycles. The number of nitrogens with zero attached hydrogens (tertiary/aromatic N) is 5. The summed E-state index contributed by atoms with van der Waals surface area (Å²) < 4.78 is 24.8. The lowest BCUT2D eigenvalue weighted by Gasteiger charge is -2.30. The lowest BCUT2D eigenvalue weighted by molar-refractivity contribution is -0.124. The Kier molecular flexibility index (Phi) is 15.5. The number of benzene rings is 4. The molecule has 10 rings (SSSR count). The molecule has 2 N–H and O–H groups in total. The minimum atomic E-state index is -0.667. The number of fused-ring (bicyclic) bond motifs is 3. The van der Waals surface area contributed by atoms with Crippen molar-refractivity contribution in [1.29, 1.82) is 0 Å². The fraction of sp³-hybridized carbons (Fsp3) is 0.279. The number of hydrogen-bond acceptors (Lipinski definition) is 12. The van der Waals surface area contributed by atoms with Crippen LogP contribution in [0.25, 0.3) is 11.0 Å². The van der Waals surface area contributed by atoms with Crippen LogP contribution in [0.3, 0.4) is 0 Å². The van der Waals surface area contributed by atoms with Gasteiger partial charge in [0, 0.05) is 104 Å². The van der Waals surface area contributed by atoms with E-state index in [1.807, 2.05) is 122 Å². The van der Waals surface area contributed by atoms with Gasteiger partial charge in [-0.3, -0.25) is 29.4 Å². The van der Waals surface area contributed by atoms with E-state index in [0.29, 0.717) is 79.3 Å². The van der Waals surface area contributed by atoms with Crippen molar-refractivity contribution < 1.29 is 28.2 Å². The first-order valence-corrected chi connectivity index (χ1v) is 25.8. The van der Waals surface area contributed by atoms with Crippen molar-refractivity contribution in [3.8, 4) is 23.0 Å². The third-order valence-electron chi connectivity index (χ3n) is 14.1. The summed E-state index contributed by atoms with van der Waals surface area (Å²) in [5.41, 5.74) is 8.68. The average Bonchev–Trinajstić information content (AvgIpc) is 3.44. The van der Waals surface area contributed by atoms with E-state index in [-0.39, 0.29) is 42.7 Å². The number of nitrogens with one attached hydrogen (secondary N) is 2. The number of anilines is 1. The maximum Gasteiger partial charge on any atom is 0.349 e. The van der Waals surface area contributed by atoms with Gasteiger partial charge in [-0.2, -0.15) is 0 Å². The summed E-state index contributed by atoms with van der Waals surface area (Å²) in [7, 11) is 0. The van der Waals surface area contributed by atoms with Crippen LogP contribution >= 0.6 is 0 Å². The quantitative estimate of drug-likeness (QED) is 0.0739. The number of ether oxygens (including phenoxy) is 3. The summed E-state index contributed by atoms with van der Waals surface area (Å²) in [5, 5.41) is 6.82. The van der Waals surface area contributed by atoms with Gasteiger partial charge in [0.2, 0.25) is 0 Å². The summed E-state index contributed by atoms with van der Waals surface area (Å²) in [6.07, 6.45) is 6.25. The molecule has 1 aliphatic heterocycles. The van der Waals surface area contributed by atoms with E-state index in [9.17, 15) is 14.4 Å². The number of aryl methyl sites for hydroxylation is 1. The normalized spacial score (nSPS) is 15.8. The molecule has 5 heterocycles. The molecule has 2 aliphatic rings. The van der Waals surface area contributed by atoms with Gasteiger partial charge in [-0.1, -0.05) is 54.6 Å². The zero-order valence-electron chi connectivity index (χ0n) is 42.5. The maximum atomic E-state index is 13.3. The molecule has 75 heavy (non-hydrogen) atoms. The van der Waals surface area contributed by atoms with Gasteiger partial charge in [0.05, 0.1) is 22.8 Å². The molecule has 14 heteroatoms. The fourth-order valence-electron chi connectivity index (χ4n) is 10.2. The van der Waals surface area contributed by atoms with Gasteiger partial charge in [0.15, 0.2) is 6.61 Å². The minimum Gasteiger partial charge on any atom is -0.487 e. The molecule has 0 bridgehead atoms. The number of amides is 2. The van der Waals surface area contributed by atoms with Crippen LogP contribution in [-0.4, -0.2) is 63.4 Å². The van der Waals surface area contributed by atoms with E-state index in [1.54, 1.807) is 6.07 Å². The monoisotopic (exact) mass is 1000 g/mol. The van der Waals surface area contributed by atoms with Gasteiger partial charge in [-0.15, -0.1) is 0 Å². The molecule has 1 unspecified atom stereocenters. The van der Waals surface area contributed by atoms with Crippen molar-refractivity contribution in [1.82, 2.24) is 30.5 Å². The lowest BCUT2D eigenvalue weighted by atomic mass is 9.81. The van der Waals surface area contributed by atoms with Crippen LogP contribution in [0.15, 0.2) is 161 Å². The average molecular weight is 1000 g/mol. The van der Waals surface area contributed by atoms with Crippen molar-refractivity contribution in [2.45, 2.75) is 90.7 Å². The van der Waals surface area contributed by atoms with Crippen molar-refractivity contribution in [3.63, 3.8) is 0 Å². The molecule has 0 spiro atoms. The first-order chi connectivity index (χ1) is 36.7. The predicted molar refractivity (Wildman–Crippen MR) is 288 cm³/mol. The predicted octanol–water partition coefficient (Wildman–Crippen LogP) is 10.4. The second kappa shape index (κ2) is 23.2. The Labute approximate surface area is 436 Å². The van der Waals surface area contributed by atoms with Crippen LogP contribution in [0.5, 0.6) is 23.0 Å². The number of rotatable bonds is 19. The number of carbonyl (C=O) groups excluding carboxylic acids is 2. The Hall–Kier alpha value is -8.36. The molecule has 0 radical (unpaired) electrons. The molecule has 8 aromatic rings. The minimum absolute atomic E-state index is 0.0210. The Morgan fingerprint density at radius 3 is 1.91 bits per heavy atom.